The Morgan fingerprint density at radius 3 is 3.09 bits per heavy atom. The molecule has 1 atom stereocenters. The van der Waals surface area contributed by atoms with Gasteiger partial charge in [0, 0.05) is 32.6 Å². The van der Waals surface area contributed by atoms with Gasteiger partial charge in [-0.2, -0.15) is 0 Å². The van der Waals surface area contributed by atoms with Crippen LogP contribution in [0.3, 0.4) is 0 Å². The fourth-order valence-electron chi connectivity index (χ4n) is 2.82. The normalized spacial score (nSPS) is 18.4. The number of aliphatic imine (C=N–C) groups is 1. The Morgan fingerprint density at radius 1 is 1.57 bits per heavy atom. The van der Waals surface area contributed by atoms with Crippen LogP contribution in [-0.2, 0) is 13.0 Å². The number of guanidine groups is 1. The zero-order valence-electron chi connectivity index (χ0n) is 14.2. The van der Waals surface area contributed by atoms with Crippen LogP contribution in [0, 0.1) is 5.92 Å². The van der Waals surface area contributed by atoms with E-state index in [0.29, 0.717) is 0 Å². The molecule has 1 N–H and O–H groups in total. The monoisotopic (exact) mass is 432 g/mol. The van der Waals surface area contributed by atoms with Gasteiger partial charge in [-0.05, 0) is 18.8 Å². The van der Waals surface area contributed by atoms with Crippen LogP contribution in [0.1, 0.15) is 32.5 Å². The van der Waals surface area contributed by atoms with Gasteiger partial charge in [-0.15, -0.1) is 40.8 Å². The van der Waals surface area contributed by atoms with Crippen molar-refractivity contribution in [2.45, 2.75) is 39.7 Å². The Kier molecular flexibility index (Phi) is 9.20. The summed E-state index contributed by atoms with van der Waals surface area (Å²) in [7, 11) is 0. The van der Waals surface area contributed by atoms with E-state index in [0.717, 1.165) is 56.8 Å². The highest BCUT2D eigenvalue weighted by molar-refractivity contribution is 14.0. The van der Waals surface area contributed by atoms with E-state index >= 15 is 0 Å². The van der Waals surface area contributed by atoms with Gasteiger partial charge < -0.3 is 14.8 Å². The molecule has 2 rings (SSSR count). The van der Waals surface area contributed by atoms with Gasteiger partial charge in [0.05, 0.1) is 6.54 Å². The van der Waals surface area contributed by atoms with Gasteiger partial charge in [-0.1, -0.05) is 19.9 Å². The summed E-state index contributed by atoms with van der Waals surface area (Å²) in [6, 6.07) is 0. The van der Waals surface area contributed by atoms with Gasteiger partial charge in [-0.25, -0.2) is 0 Å². The number of likely N-dealkylation sites (tertiary alicyclic amines) is 1. The van der Waals surface area contributed by atoms with E-state index in [4.69, 9.17) is 4.99 Å². The summed E-state index contributed by atoms with van der Waals surface area (Å²) < 4.78 is 2.08. The highest BCUT2D eigenvalue weighted by Gasteiger charge is 2.19. The van der Waals surface area contributed by atoms with E-state index < -0.39 is 0 Å². The maximum Gasteiger partial charge on any atom is 0.194 e. The van der Waals surface area contributed by atoms with Crippen LogP contribution in [0.15, 0.2) is 24.0 Å². The molecule has 1 aromatic heterocycles. The average Bonchev–Trinajstić information content (AvgIpc) is 2.98. The number of aromatic nitrogens is 3. The predicted molar refractivity (Wildman–Crippen MR) is 105 cm³/mol. The molecule has 6 nitrogen and oxygen atoms in total. The van der Waals surface area contributed by atoms with Crippen LogP contribution >= 0.6 is 24.0 Å². The zero-order chi connectivity index (χ0) is 15.8. The Balaban J connectivity index is 0.00000264. The Morgan fingerprint density at radius 2 is 2.39 bits per heavy atom. The summed E-state index contributed by atoms with van der Waals surface area (Å²) in [6.45, 7) is 12.6. The summed E-state index contributed by atoms with van der Waals surface area (Å²) in [5, 5.41) is 11.5. The van der Waals surface area contributed by atoms with Crippen molar-refractivity contribution in [1.82, 2.24) is 25.0 Å². The number of aryl methyl sites for hydroxylation is 1. The maximum absolute atomic E-state index is 4.78. The molecule has 1 aliphatic rings. The molecule has 1 unspecified atom stereocenters. The number of hydrogen-bond donors (Lipinski definition) is 1. The molecular formula is C16H29IN6. The van der Waals surface area contributed by atoms with Gasteiger partial charge in [0.15, 0.2) is 5.96 Å². The van der Waals surface area contributed by atoms with Crippen molar-refractivity contribution >= 4 is 29.9 Å². The SMILES string of the molecule is C=CCNC(=NCCn1cnnc1CC)N1CCCC(C)C1.I. The van der Waals surface area contributed by atoms with Crippen LogP contribution in [0.25, 0.3) is 0 Å². The minimum atomic E-state index is 0. The third kappa shape index (κ3) is 6.12. The number of halogens is 1. The second kappa shape index (κ2) is 10.6. The van der Waals surface area contributed by atoms with Crippen molar-refractivity contribution in [3.8, 4) is 0 Å². The van der Waals surface area contributed by atoms with Crippen molar-refractivity contribution in [2.24, 2.45) is 10.9 Å². The number of rotatable bonds is 6. The molecule has 1 saturated heterocycles. The molecular weight excluding hydrogens is 403 g/mol. The smallest absolute Gasteiger partial charge is 0.194 e. The highest BCUT2D eigenvalue weighted by Crippen LogP contribution is 2.15. The molecule has 23 heavy (non-hydrogen) atoms. The molecule has 0 radical (unpaired) electrons. The van der Waals surface area contributed by atoms with E-state index in [9.17, 15) is 0 Å². The number of piperidine rings is 1. The lowest BCUT2D eigenvalue weighted by molar-refractivity contribution is 0.266. The molecule has 0 spiro atoms. The molecule has 1 fully saturated rings. The van der Waals surface area contributed by atoms with Gasteiger partial charge >= 0.3 is 0 Å². The second-order valence-corrected chi connectivity index (χ2v) is 5.86. The van der Waals surface area contributed by atoms with Gasteiger partial charge in [0.1, 0.15) is 12.2 Å². The molecule has 0 amide bonds. The lowest BCUT2D eigenvalue weighted by Gasteiger charge is -2.33. The van der Waals surface area contributed by atoms with Gasteiger partial charge in [0.2, 0.25) is 0 Å². The first kappa shape index (κ1) is 19.9. The lowest BCUT2D eigenvalue weighted by Crippen LogP contribution is -2.46. The molecule has 0 saturated carbocycles. The van der Waals surface area contributed by atoms with Crippen LogP contribution < -0.4 is 5.32 Å². The Bertz CT molecular complexity index is 499. The number of hydrogen-bond acceptors (Lipinski definition) is 3. The lowest BCUT2D eigenvalue weighted by atomic mass is 10.0. The summed E-state index contributed by atoms with van der Waals surface area (Å²) in [5.74, 6) is 2.74. The fourth-order valence-corrected chi connectivity index (χ4v) is 2.82. The quantitative estimate of drug-likeness (QED) is 0.325. The second-order valence-electron chi connectivity index (χ2n) is 5.86. The predicted octanol–water partition coefficient (Wildman–Crippen LogP) is 2.32. The van der Waals surface area contributed by atoms with E-state index in [1.807, 2.05) is 6.08 Å². The topological polar surface area (TPSA) is 58.3 Å². The maximum atomic E-state index is 4.78. The molecule has 7 heteroatoms. The highest BCUT2D eigenvalue weighted by atomic mass is 127. The van der Waals surface area contributed by atoms with E-state index in [-0.39, 0.29) is 24.0 Å². The summed E-state index contributed by atoms with van der Waals surface area (Å²) in [5.41, 5.74) is 0. The number of nitrogens with one attached hydrogen (secondary N) is 1. The molecule has 0 aliphatic carbocycles. The van der Waals surface area contributed by atoms with Crippen LogP contribution in [0.4, 0.5) is 0 Å². The van der Waals surface area contributed by atoms with Crippen LogP contribution in [0.5, 0.6) is 0 Å². The summed E-state index contributed by atoms with van der Waals surface area (Å²) in [4.78, 5) is 7.14. The molecule has 0 aromatic carbocycles. The van der Waals surface area contributed by atoms with Gasteiger partial charge in [0.25, 0.3) is 0 Å². The van der Waals surface area contributed by atoms with Crippen LogP contribution in [0.2, 0.25) is 0 Å². The van der Waals surface area contributed by atoms with Crippen molar-refractivity contribution in [3.05, 3.63) is 24.8 Å². The third-order valence-electron chi connectivity index (χ3n) is 3.98. The zero-order valence-corrected chi connectivity index (χ0v) is 16.6. The van der Waals surface area contributed by atoms with Crippen molar-refractivity contribution in [2.75, 3.05) is 26.2 Å². The largest absolute Gasteiger partial charge is 0.353 e. The molecule has 1 aliphatic heterocycles. The fraction of sp³-hybridized carbons (Fsp3) is 0.688. The Hall–Kier alpha value is -1.12. The minimum Gasteiger partial charge on any atom is -0.353 e. The van der Waals surface area contributed by atoms with Gasteiger partial charge in [-0.3, -0.25) is 4.99 Å². The van der Waals surface area contributed by atoms with Crippen molar-refractivity contribution in [3.63, 3.8) is 0 Å². The molecule has 130 valence electrons. The first-order valence-corrected chi connectivity index (χ1v) is 8.25. The first-order valence-electron chi connectivity index (χ1n) is 8.25. The summed E-state index contributed by atoms with van der Waals surface area (Å²) >= 11 is 0. The van der Waals surface area contributed by atoms with E-state index in [1.54, 1.807) is 6.33 Å². The van der Waals surface area contributed by atoms with E-state index in [1.165, 1.54) is 12.8 Å². The first-order chi connectivity index (χ1) is 10.7. The standard InChI is InChI=1S/C16H28N6.HI/c1-4-8-17-16(21-10-6-7-14(3)12-21)18-9-11-22-13-19-20-15(22)5-2;/h4,13-14H,1,5-12H2,2-3H3,(H,17,18);1H. The third-order valence-corrected chi connectivity index (χ3v) is 3.98. The molecule has 0 bridgehead atoms. The summed E-state index contributed by atoms with van der Waals surface area (Å²) in [6.07, 6.45) is 7.11. The van der Waals surface area contributed by atoms with Crippen LogP contribution in [-0.4, -0.2) is 51.8 Å². The average molecular weight is 432 g/mol. The Labute approximate surface area is 156 Å². The van der Waals surface area contributed by atoms with Crippen molar-refractivity contribution < 1.29 is 0 Å². The van der Waals surface area contributed by atoms with E-state index in [2.05, 4.69) is 45.4 Å². The molecule has 1 aromatic rings. The molecule has 2 heterocycles. The minimum absolute atomic E-state index is 0. The number of nitrogens with zero attached hydrogens (tertiary/aromatic N) is 5. The van der Waals surface area contributed by atoms with Crippen molar-refractivity contribution in [1.29, 1.82) is 0 Å².